The van der Waals surface area contributed by atoms with E-state index < -0.39 is 21.8 Å². The second-order valence-corrected chi connectivity index (χ2v) is 8.67. The maximum atomic E-state index is 13.2. The summed E-state index contributed by atoms with van der Waals surface area (Å²) in [6.45, 7) is 0.416. The molecule has 0 saturated carbocycles. The molecule has 3 rings (SSSR count). The molecule has 0 aliphatic heterocycles. The number of aromatic hydroxyl groups is 1. The van der Waals surface area contributed by atoms with Crippen LogP contribution in [-0.4, -0.2) is 32.6 Å². The van der Waals surface area contributed by atoms with Gasteiger partial charge >= 0.3 is 5.97 Å². The molecule has 0 aliphatic rings. The highest BCUT2D eigenvalue weighted by Crippen LogP contribution is 2.28. The number of hydrogen-bond acceptors (Lipinski definition) is 6. The molecule has 7 heteroatoms. The van der Waals surface area contributed by atoms with Gasteiger partial charge in [-0.05, 0) is 41.8 Å². The molecule has 0 amide bonds. The van der Waals surface area contributed by atoms with Gasteiger partial charge in [0, 0.05) is 6.54 Å². The first-order chi connectivity index (χ1) is 14.4. The lowest BCUT2D eigenvalue weighted by atomic mass is 10.0. The van der Waals surface area contributed by atoms with Gasteiger partial charge in [0.05, 0.1) is 16.9 Å². The van der Waals surface area contributed by atoms with Gasteiger partial charge in [0.1, 0.15) is 11.8 Å². The third kappa shape index (κ3) is 5.06. The van der Waals surface area contributed by atoms with Gasteiger partial charge in [0.15, 0.2) is 0 Å². The van der Waals surface area contributed by atoms with E-state index in [1.54, 1.807) is 18.2 Å². The number of benzene rings is 3. The lowest BCUT2D eigenvalue weighted by Gasteiger charge is -2.19. The molecule has 0 unspecified atom stereocenters. The largest absolute Gasteiger partial charge is 0.508 e. The molecule has 0 bridgehead atoms. The third-order valence-electron chi connectivity index (χ3n) is 4.70. The van der Waals surface area contributed by atoms with Crippen molar-refractivity contribution < 1.29 is 23.1 Å². The molecule has 0 heterocycles. The fraction of sp³-hybridized carbons (Fsp3) is 0.174. The minimum Gasteiger partial charge on any atom is -0.508 e. The van der Waals surface area contributed by atoms with E-state index in [2.05, 4.69) is 5.32 Å². The van der Waals surface area contributed by atoms with E-state index in [9.17, 15) is 18.3 Å². The summed E-state index contributed by atoms with van der Waals surface area (Å²) in [5.74, 6) is -0.665. The molecular weight excluding hydrogens is 402 g/mol. The number of hydrogen-bond donors (Lipinski definition) is 2. The van der Waals surface area contributed by atoms with Crippen molar-refractivity contribution in [1.82, 2.24) is 5.32 Å². The lowest BCUT2D eigenvalue weighted by Crippen LogP contribution is -2.39. The van der Waals surface area contributed by atoms with Crippen LogP contribution in [0.3, 0.4) is 0 Å². The van der Waals surface area contributed by atoms with Crippen molar-refractivity contribution >= 4 is 15.8 Å². The van der Waals surface area contributed by atoms with Crippen molar-refractivity contribution in [1.29, 1.82) is 0 Å². The van der Waals surface area contributed by atoms with E-state index >= 15 is 0 Å². The Morgan fingerprint density at radius 2 is 1.63 bits per heavy atom. The highest BCUT2D eigenvalue weighted by atomic mass is 32.2. The normalized spacial score (nSPS) is 12.3. The van der Waals surface area contributed by atoms with Gasteiger partial charge in [-0.3, -0.25) is 4.79 Å². The number of methoxy groups -OCH3 is 1. The topological polar surface area (TPSA) is 92.7 Å². The molecule has 1 atom stereocenters. The molecule has 0 radical (unpaired) electrons. The molecule has 0 aliphatic carbocycles. The number of esters is 1. The van der Waals surface area contributed by atoms with Crippen LogP contribution < -0.4 is 5.32 Å². The van der Waals surface area contributed by atoms with E-state index in [-0.39, 0.29) is 22.0 Å². The number of phenolic OH excluding ortho intramolecular Hbond substituents is 1. The fourth-order valence-electron chi connectivity index (χ4n) is 3.13. The summed E-state index contributed by atoms with van der Waals surface area (Å²) in [7, 11) is -2.59. The Kier molecular flexibility index (Phi) is 6.87. The van der Waals surface area contributed by atoms with Crippen LogP contribution in [-0.2, 0) is 32.3 Å². The van der Waals surface area contributed by atoms with E-state index in [0.717, 1.165) is 5.56 Å². The van der Waals surface area contributed by atoms with Crippen molar-refractivity contribution in [2.24, 2.45) is 0 Å². The molecular formula is C23H23NO5S. The Bertz CT molecular complexity index is 1100. The van der Waals surface area contributed by atoms with E-state index in [0.29, 0.717) is 12.1 Å². The van der Waals surface area contributed by atoms with Gasteiger partial charge < -0.3 is 15.2 Å². The highest BCUT2D eigenvalue weighted by molar-refractivity contribution is 7.91. The second-order valence-electron chi connectivity index (χ2n) is 6.75. The maximum Gasteiger partial charge on any atom is 0.323 e. The predicted molar refractivity (Wildman–Crippen MR) is 113 cm³/mol. The molecule has 0 aromatic heterocycles. The second kappa shape index (κ2) is 9.56. The standard InChI is InChI=1S/C23H23NO5S/c1-29-23(26)21(24-16-17-8-4-2-5-9-17)14-18-12-13-19(25)15-22(18)30(27,28)20-10-6-3-7-11-20/h2-13,15,21,24-25H,14,16H2,1H3/t21-/m0/s1. The first kappa shape index (κ1) is 21.5. The Morgan fingerprint density at radius 3 is 2.27 bits per heavy atom. The Labute approximate surface area is 176 Å². The van der Waals surface area contributed by atoms with Crippen LogP contribution in [0.1, 0.15) is 11.1 Å². The van der Waals surface area contributed by atoms with Crippen LogP contribution in [0.4, 0.5) is 0 Å². The number of phenols is 1. The first-order valence-corrected chi connectivity index (χ1v) is 10.9. The van der Waals surface area contributed by atoms with Crippen molar-refractivity contribution in [3.05, 3.63) is 90.0 Å². The Balaban J connectivity index is 1.92. The molecule has 6 nitrogen and oxygen atoms in total. The number of carbonyl (C=O) groups excluding carboxylic acids is 1. The average molecular weight is 426 g/mol. The summed E-state index contributed by atoms with van der Waals surface area (Å²) in [5.41, 5.74) is 1.39. The van der Waals surface area contributed by atoms with E-state index in [4.69, 9.17) is 4.74 Å². The van der Waals surface area contributed by atoms with Crippen LogP contribution in [0.15, 0.2) is 88.7 Å². The van der Waals surface area contributed by atoms with Crippen molar-refractivity contribution in [3.8, 4) is 5.75 Å². The molecule has 156 valence electrons. The molecule has 3 aromatic rings. The number of rotatable bonds is 8. The van der Waals surface area contributed by atoms with Gasteiger partial charge in [0.25, 0.3) is 0 Å². The molecule has 0 spiro atoms. The zero-order valence-corrected chi connectivity index (χ0v) is 17.3. The van der Waals surface area contributed by atoms with Crippen molar-refractivity contribution in [2.45, 2.75) is 28.8 Å². The van der Waals surface area contributed by atoms with E-state index in [1.165, 1.54) is 37.4 Å². The molecule has 30 heavy (non-hydrogen) atoms. The van der Waals surface area contributed by atoms with Gasteiger partial charge in [-0.25, -0.2) is 8.42 Å². The summed E-state index contributed by atoms with van der Waals surface area (Å²) in [5, 5.41) is 13.1. The molecule has 3 aromatic carbocycles. The monoisotopic (exact) mass is 425 g/mol. The van der Waals surface area contributed by atoms with Gasteiger partial charge in [-0.1, -0.05) is 54.6 Å². The zero-order valence-electron chi connectivity index (χ0n) is 16.5. The SMILES string of the molecule is COC(=O)[C@H](Cc1ccc(O)cc1S(=O)(=O)c1ccccc1)NCc1ccccc1. The van der Waals surface area contributed by atoms with E-state index in [1.807, 2.05) is 30.3 Å². The van der Waals surface area contributed by atoms with Crippen molar-refractivity contribution in [3.63, 3.8) is 0 Å². The Hall–Kier alpha value is -3.16. The molecule has 2 N–H and O–H groups in total. The van der Waals surface area contributed by atoms with Crippen LogP contribution in [0.2, 0.25) is 0 Å². The summed E-state index contributed by atoms with van der Waals surface area (Å²) in [6, 6.07) is 20.9. The first-order valence-electron chi connectivity index (χ1n) is 9.39. The van der Waals surface area contributed by atoms with Gasteiger partial charge in [0.2, 0.25) is 9.84 Å². The number of ether oxygens (including phenoxy) is 1. The molecule has 0 fully saturated rings. The smallest absolute Gasteiger partial charge is 0.323 e. The Morgan fingerprint density at radius 1 is 1.00 bits per heavy atom. The van der Waals surface area contributed by atoms with Crippen molar-refractivity contribution in [2.75, 3.05) is 7.11 Å². The lowest BCUT2D eigenvalue weighted by molar-refractivity contribution is -0.143. The minimum atomic E-state index is -3.88. The summed E-state index contributed by atoms with van der Waals surface area (Å²) < 4.78 is 31.2. The number of nitrogens with one attached hydrogen (secondary N) is 1. The fourth-order valence-corrected chi connectivity index (χ4v) is 4.67. The third-order valence-corrected chi connectivity index (χ3v) is 6.55. The maximum absolute atomic E-state index is 13.2. The van der Waals surface area contributed by atoms with Crippen LogP contribution >= 0.6 is 0 Å². The van der Waals surface area contributed by atoms with Gasteiger partial charge in [-0.2, -0.15) is 0 Å². The van der Waals surface area contributed by atoms with Gasteiger partial charge in [-0.15, -0.1) is 0 Å². The predicted octanol–water partition coefficient (Wildman–Crippen LogP) is 3.10. The number of sulfone groups is 1. The highest BCUT2D eigenvalue weighted by Gasteiger charge is 2.26. The summed E-state index contributed by atoms with van der Waals surface area (Å²) >= 11 is 0. The summed E-state index contributed by atoms with van der Waals surface area (Å²) in [4.78, 5) is 12.4. The van der Waals surface area contributed by atoms with Crippen LogP contribution in [0, 0.1) is 0 Å². The molecule has 0 saturated heterocycles. The minimum absolute atomic E-state index is 0.0379. The van der Waals surface area contributed by atoms with Crippen LogP contribution in [0.25, 0.3) is 0 Å². The quantitative estimate of drug-likeness (QED) is 0.539. The van der Waals surface area contributed by atoms with Crippen LogP contribution in [0.5, 0.6) is 5.75 Å². The summed E-state index contributed by atoms with van der Waals surface area (Å²) in [6.07, 6.45) is 0.0845. The zero-order chi connectivity index (χ0) is 21.6. The average Bonchev–Trinajstić information content (AvgIpc) is 2.78. The number of carbonyl (C=O) groups is 1.